The molecule has 0 heterocycles. The highest BCUT2D eigenvalue weighted by molar-refractivity contribution is 5.98. The number of carbonyl (C=O) groups is 1. The maximum absolute atomic E-state index is 10.2. The van der Waals surface area contributed by atoms with Gasteiger partial charge in [-0.1, -0.05) is 12.7 Å². The van der Waals surface area contributed by atoms with Crippen LogP contribution in [0.25, 0.3) is 0 Å². The Labute approximate surface area is 64.1 Å². The molecule has 3 heteroatoms. The van der Waals surface area contributed by atoms with Crippen LogP contribution < -0.4 is 0 Å². The summed E-state index contributed by atoms with van der Waals surface area (Å²) < 4.78 is 4.44. The van der Waals surface area contributed by atoms with Gasteiger partial charge in [-0.3, -0.25) is 4.79 Å². The minimum atomic E-state index is 0.273. The summed E-state index contributed by atoms with van der Waals surface area (Å²) in [5.41, 5.74) is 0. The highest BCUT2D eigenvalue weighted by Gasteiger charge is 1.98. The van der Waals surface area contributed by atoms with E-state index in [1.807, 2.05) is 6.08 Å². The molecule has 0 saturated heterocycles. The monoisotopic (exact) mass is 156 g/mol. The third-order valence-corrected chi connectivity index (χ3v) is 1.36. The van der Waals surface area contributed by atoms with Crippen LogP contribution in [0.15, 0.2) is 25.0 Å². The Balaban J connectivity index is 0.000000180. The molecule has 0 aliphatic heterocycles. The average Bonchev–Trinajstić information content (AvgIpc) is 2.40. The van der Waals surface area contributed by atoms with Crippen LogP contribution in [0.1, 0.15) is 12.8 Å². The van der Waals surface area contributed by atoms with Crippen molar-refractivity contribution >= 4 is 16.3 Å². The number of hydrogen-bond donors (Lipinski definition) is 0. The Morgan fingerprint density at radius 1 is 1.80 bits per heavy atom. The van der Waals surface area contributed by atoms with E-state index in [-0.39, 0.29) is 5.78 Å². The van der Waals surface area contributed by atoms with Gasteiger partial charge in [-0.2, -0.15) is 0 Å². The zero-order chi connectivity index (χ0) is 7.82. The largest absolute Gasteiger partial charge is 0.559 e. The molecule has 0 radical (unpaired) electrons. The Hall–Kier alpha value is -0.833. The summed E-state index contributed by atoms with van der Waals surface area (Å²) >= 11 is 0. The number of rotatable bonds is 1. The molecule has 0 atom stereocenters. The van der Waals surface area contributed by atoms with Gasteiger partial charge in [-0.15, -0.1) is 0 Å². The van der Waals surface area contributed by atoms with Crippen molar-refractivity contribution in [3.63, 3.8) is 0 Å². The summed E-state index contributed by atoms with van der Waals surface area (Å²) in [6, 6.07) is 0. The third kappa shape index (κ3) is 5.31. The van der Waals surface area contributed by atoms with E-state index < -0.39 is 0 Å². The van der Waals surface area contributed by atoms with Crippen molar-refractivity contribution in [2.45, 2.75) is 12.8 Å². The quantitative estimate of drug-likeness (QED) is 0.404. The normalized spacial score (nSPS) is 14.2. The minimum absolute atomic E-state index is 0.273. The van der Waals surface area contributed by atoms with E-state index in [0.29, 0.717) is 0 Å². The molecule has 0 N–H and O–H groups in total. The van der Waals surface area contributed by atoms with Crippen molar-refractivity contribution in [2.75, 3.05) is 0 Å². The molecule has 0 aromatic rings. The zero-order valence-electron chi connectivity index (χ0n) is 6.17. The van der Waals surface area contributed by atoms with E-state index in [4.69, 9.17) is 0 Å². The topological polar surface area (TPSA) is 26.3 Å². The number of hydrogen-bond acceptors (Lipinski definition) is 2. The molecule has 0 bridgehead atoms. The highest BCUT2D eigenvalue weighted by Crippen LogP contribution is 2.01. The molecule has 2 nitrogen and oxygen atoms in total. The molecule has 0 fully saturated rings. The van der Waals surface area contributed by atoms with Gasteiger partial charge in [0.15, 0.2) is 5.78 Å². The molecule has 56 valence electrons. The van der Waals surface area contributed by atoms with E-state index in [1.165, 1.54) is 6.26 Å². The van der Waals surface area contributed by atoms with Gasteiger partial charge in [-0.25, -0.2) is 0 Å². The zero-order valence-corrected chi connectivity index (χ0v) is 8.17. The standard InChI is InChI=1S/C5H6O.C2H6OSi/c6-5-3-1-2-4-5;1-2-3-4/h1,3H,2,4H2;2H,1H2,4H3. The first kappa shape index (κ1) is 9.17. The molecule has 1 rings (SSSR count). The van der Waals surface area contributed by atoms with Crippen molar-refractivity contribution in [2.24, 2.45) is 0 Å². The molecule has 0 aromatic carbocycles. The van der Waals surface area contributed by atoms with Gasteiger partial charge >= 0.3 is 0 Å². The smallest absolute Gasteiger partial charge is 0.203 e. The Bertz CT molecular complexity index is 141. The first-order valence-corrected chi connectivity index (χ1v) is 3.96. The molecule has 0 unspecified atom stereocenters. The van der Waals surface area contributed by atoms with Crippen LogP contribution in [0.5, 0.6) is 0 Å². The summed E-state index contributed by atoms with van der Waals surface area (Å²) in [4.78, 5) is 10.2. The lowest BCUT2D eigenvalue weighted by atomic mass is 10.3. The van der Waals surface area contributed by atoms with Crippen LogP contribution >= 0.6 is 0 Å². The molecular formula is C7H12O2Si. The predicted octanol–water partition coefficient (Wildman–Crippen LogP) is 0.332. The molecule has 10 heavy (non-hydrogen) atoms. The van der Waals surface area contributed by atoms with Crippen LogP contribution in [0.4, 0.5) is 0 Å². The molecule has 1 aliphatic carbocycles. The molecule has 0 saturated carbocycles. The SMILES string of the molecule is C=CO[SiH3].O=C1C=CCC1. The van der Waals surface area contributed by atoms with Crippen molar-refractivity contribution in [3.8, 4) is 0 Å². The van der Waals surface area contributed by atoms with Gasteiger partial charge < -0.3 is 4.43 Å². The summed E-state index contributed by atoms with van der Waals surface area (Å²) in [6.07, 6.45) is 6.67. The number of allylic oxidation sites excluding steroid dienone is 2. The van der Waals surface area contributed by atoms with Crippen molar-refractivity contribution in [1.82, 2.24) is 0 Å². The summed E-state index contributed by atoms with van der Waals surface area (Å²) in [5, 5.41) is 0. The van der Waals surface area contributed by atoms with E-state index in [0.717, 1.165) is 23.3 Å². The Kier molecular flexibility index (Phi) is 5.77. The van der Waals surface area contributed by atoms with Crippen molar-refractivity contribution in [1.29, 1.82) is 0 Å². The van der Waals surface area contributed by atoms with Crippen LogP contribution in [0, 0.1) is 0 Å². The predicted molar refractivity (Wildman–Crippen MR) is 44.6 cm³/mol. The fourth-order valence-corrected chi connectivity index (χ4v) is 0.524. The Morgan fingerprint density at radius 3 is 2.50 bits per heavy atom. The maximum atomic E-state index is 10.2. The first-order chi connectivity index (χ1) is 4.81. The van der Waals surface area contributed by atoms with E-state index in [2.05, 4.69) is 11.0 Å². The van der Waals surface area contributed by atoms with Gasteiger partial charge in [0.25, 0.3) is 0 Å². The summed E-state index contributed by atoms with van der Waals surface area (Å²) in [5.74, 6) is 0.273. The van der Waals surface area contributed by atoms with Gasteiger partial charge in [-0.05, 0) is 12.5 Å². The van der Waals surface area contributed by atoms with Crippen LogP contribution in [0.3, 0.4) is 0 Å². The van der Waals surface area contributed by atoms with Crippen molar-refractivity contribution in [3.05, 3.63) is 25.0 Å². The average molecular weight is 156 g/mol. The first-order valence-electron chi connectivity index (χ1n) is 3.14. The lowest BCUT2D eigenvalue weighted by molar-refractivity contribution is -0.114. The Morgan fingerprint density at radius 2 is 2.40 bits per heavy atom. The second-order valence-electron chi connectivity index (χ2n) is 1.81. The minimum Gasteiger partial charge on any atom is -0.559 e. The third-order valence-electron chi connectivity index (χ3n) is 1.03. The lowest BCUT2D eigenvalue weighted by Gasteiger charge is -1.74. The van der Waals surface area contributed by atoms with Gasteiger partial charge in [0.2, 0.25) is 10.5 Å². The van der Waals surface area contributed by atoms with Gasteiger partial charge in [0.1, 0.15) is 0 Å². The molecule has 0 spiro atoms. The second kappa shape index (κ2) is 6.29. The molecule has 0 aromatic heterocycles. The summed E-state index contributed by atoms with van der Waals surface area (Å²) in [6.45, 7) is 3.29. The maximum Gasteiger partial charge on any atom is 0.203 e. The van der Waals surface area contributed by atoms with Gasteiger partial charge in [0, 0.05) is 6.42 Å². The fraction of sp³-hybridized carbons (Fsp3) is 0.286. The van der Waals surface area contributed by atoms with Crippen LogP contribution in [-0.2, 0) is 9.22 Å². The highest BCUT2D eigenvalue weighted by atomic mass is 28.2. The lowest BCUT2D eigenvalue weighted by Crippen LogP contribution is -1.80. The van der Waals surface area contributed by atoms with Crippen molar-refractivity contribution < 1.29 is 9.22 Å². The van der Waals surface area contributed by atoms with Crippen LogP contribution in [0.2, 0.25) is 0 Å². The van der Waals surface area contributed by atoms with Gasteiger partial charge in [0.05, 0.1) is 6.26 Å². The molecule has 1 aliphatic rings. The summed E-state index contributed by atoms with van der Waals surface area (Å²) in [7, 11) is 0.772. The number of ketones is 1. The fourth-order valence-electron chi connectivity index (χ4n) is 0.524. The second-order valence-corrected chi connectivity index (χ2v) is 2.28. The number of carbonyl (C=O) groups excluding carboxylic acids is 1. The van der Waals surface area contributed by atoms with Crippen LogP contribution in [-0.4, -0.2) is 16.3 Å². The van der Waals surface area contributed by atoms with E-state index in [1.54, 1.807) is 6.08 Å². The molecular weight excluding hydrogens is 144 g/mol. The van der Waals surface area contributed by atoms with E-state index >= 15 is 0 Å². The van der Waals surface area contributed by atoms with E-state index in [9.17, 15) is 4.79 Å². The molecule has 0 amide bonds.